The summed E-state index contributed by atoms with van der Waals surface area (Å²) >= 11 is 0. The summed E-state index contributed by atoms with van der Waals surface area (Å²) in [6.07, 6.45) is 4.92. The van der Waals surface area contributed by atoms with Crippen LogP contribution in [0.1, 0.15) is 12.5 Å². The Morgan fingerprint density at radius 3 is 2.81 bits per heavy atom. The first-order valence-corrected chi connectivity index (χ1v) is 8.35. The lowest BCUT2D eigenvalue weighted by Gasteiger charge is -2.09. The Bertz CT molecular complexity index is 946. The van der Waals surface area contributed by atoms with Crippen molar-refractivity contribution in [2.24, 2.45) is 0 Å². The van der Waals surface area contributed by atoms with Crippen LogP contribution in [0.5, 0.6) is 11.5 Å². The van der Waals surface area contributed by atoms with Crippen molar-refractivity contribution in [3.05, 3.63) is 66.4 Å². The van der Waals surface area contributed by atoms with Crippen molar-refractivity contribution in [2.75, 3.05) is 19.0 Å². The molecule has 26 heavy (non-hydrogen) atoms. The molecule has 0 aliphatic carbocycles. The largest absolute Gasteiger partial charge is 0.493 e. The van der Waals surface area contributed by atoms with Crippen LogP contribution in [0.2, 0.25) is 0 Å². The van der Waals surface area contributed by atoms with Gasteiger partial charge in [-0.25, -0.2) is 0 Å². The highest BCUT2D eigenvalue weighted by molar-refractivity contribution is 6.06. The average molecular weight is 348 g/mol. The summed E-state index contributed by atoms with van der Waals surface area (Å²) in [6.45, 7) is 2.48. The van der Waals surface area contributed by atoms with Crippen molar-refractivity contribution in [1.82, 2.24) is 4.98 Å². The fourth-order valence-corrected chi connectivity index (χ4v) is 2.61. The van der Waals surface area contributed by atoms with Gasteiger partial charge in [0.2, 0.25) is 5.91 Å². The van der Waals surface area contributed by atoms with Crippen LogP contribution < -0.4 is 14.8 Å². The Morgan fingerprint density at radius 1 is 1.15 bits per heavy atom. The van der Waals surface area contributed by atoms with Gasteiger partial charge in [-0.3, -0.25) is 9.78 Å². The maximum absolute atomic E-state index is 12.3. The van der Waals surface area contributed by atoms with Gasteiger partial charge >= 0.3 is 0 Å². The predicted molar refractivity (Wildman–Crippen MR) is 104 cm³/mol. The first kappa shape index (κ1) is 17.5. The second kappa shape index (κ2) is 8.16. The number of para-hydroxylation sites is 1. The second-order valence-electron chi connectivity index (χ2n) is 5.55. The van der Waals surface area contributed by atoms with E-state index in [0.29, 0.717) is 23.8 Å². The van der Waals surface area contributed by atoms with E-state index in [1.807, 2.05) is 55.5 Å². The molecule has 0 radical (unpaired) electrons. The molecule has 5 nitrogen and oxygen atoms in total. The van der Waals surface area contributed by atoms with E-state index in [2.05, 4.69) is 10.3 Å². The van der Waals surface area contributed by atoms with Crippen LogP contribution in [0.25, 0.3) is 17.0 Å². The minimum atomic E-state index is -0.226. The molecule has 1 amide bonds. The number of methoxy groups -OCH3 is 1. The molecule has 1 aromatic heterocycles. The number of pyridine rings is 1. The number of nitrogens with zero attached hydrogens (tertiary/aromatic N) is 1. The van der Waals surface area contributed by atoms with E-state index in [9.17, 15) is 4.79 Å². The second-order valence-corrected chi connectivity index (χ2v) is 5.55. The fraction of sp³-hybridized carbons (Fsp3) is 0.143. The highest BCUT2D eigenvalue weighted by atomic mass is 16.5. The molecule has 2 aromatic carbocycles. The van der Waals surface area contributed by atoms with Crippen LogP contribution in [-0.2, 0) is 4.79 Å². The SMILES string of the molecule is CCOc1ccc(C=CC(=O)Nc2cccc3cccnc23)cc1OC. The van der Waals surface area contributed by atoms with Gasteiger partial charge < -0.3 is 14.8 Å². The molecular formula is C21H20N2O3. The summed E-state index contributed by atoms with van der Waals surface area (Å²) in [6, 6.07) is 15.0. The topological polar surface area (TPSA) is 60.5 Å². The van der Waals surface area contributed by atoms with E-state index in [1.54, 1.807) is 19.4 Å². The summed E-state index contributed by atoms with van der Waals surface area (Å²) in [5.41, 5.74) is 2.29. The van der Waals surface area contributed by atoms with E-state index in [4.69, 9.17) is 9.47 Å². The van der Waals surface area contributed by atoms with E-state index >= 15 is 0 Å². The number of nitrogens with one attached hydrogen (secondary N) is 1. The van der Waals surface area contributed by atoms with Crippen LogP contribution in [0.15, 0.2) is 60.8 Å². The van der Waals surface area contributed by atoms with E-state index in [0.717, 1.165) is 16.5 Å². The number of anilines is 1. The van der Waals surface area contributed by atoms with Gasteiger partial charge in [0.1, 0.15) is 0 Å². The van der Waals surface area contributed by atoms with Crippen molar-refractivity contribution in [3.8, 4) is 11.5 Å². The molecule has 0 unspecified atom stereocenters. The first-order chi connectivity index (χ1) is 12.7. The molecule has 0 atom stereocenters. The Labute approximate surface area is 152 Å². The van der Waals surface area contributed by atoms with Crippen molar-refractivity contribution in [2.45, 2.75) is 6.92 Å². The lowest BCUT2D eigenvalue weighted by molar-refractivity contribution is -0.111. The molecule has 0 saturated heterocycles. The maximum atomic E-state index is 12.3. The molecular weight excluding hydrogens is 328 g/mol. The number of carbonyl (C=O) groups is 1. The van der Waals surface area contributed by atoms with Gasteiger partial charge in [-0.2, -0.15) is 0 Å². The third-order valence-corrected chi connectivity index (χ3v) is 3.81. The highest BCUT2D eigenvalue weighted by Gasteiger charge is 2.06. The summed E-state index contributed by atoms with van der Waals surface area (Å²) in [5, 5.41) is 3.85. The molecule has 0 aliphatic heterocycles. The highest BCUT2D eigenvalue weighted by Crippen LogP contribution is 2.28. The van der Waals surface area contributed by atoms with Crippen molar-refractivity contribution >= 4 is 28.6 Å². The van der Waals surface area contributed by atoms with Crippen LogP contribution in [0, 0.1) is 0 Å². The van der Waals surface area contributed by atoms with Gasteiger partial charge in [-0.15, -0.1) is 0 Å². The molecule has 3 aromatic rings. The average Bonchev–Trinajstić information content (AvgIpc) is 2.67. The number of fused-ring (bicyclic) bond motifs is 1. The molecule has 1 N–H and O–H groups in total. The third kappa shape index (κ3) is 4.00. The van der Waals surface area contributed by atoms with Gasteiger partial charge in [-0.1, -0.05) is 24.3 Å². The van der Waals surface area contributed by atoms with Crippen molar-refractivity contribution < 1.29 is 14.3 Å². The minimum Gasteiger partial charge on any atom is -0.493 e. The minimum absolute atomic E-state index is 0.226. The molecule has 0 fully saturated rings. The number of carbonyl (C=O) groups excluding carboxylic acids is 1. The Hall–Kier alpha value is -3.34. The monoisotopic (exact) mass is 348 g/mol. The number of ether oxygens (including phenoxy) is 2. The number of hydrogen-bond donors (Lipinski definition) is 1. The number of aromatic nitrogens is 1. The first-order valence-electron chi connectivity index (χ1n) is 8.35. The van der Waals surface area contributed by atoms with E-state index < -0.39 is 0 Å². The number of benzene rings is 2. The normalized spacial score (nSPS) is 10.8. The summed E-state index contributed by atoms with van der Waals surface area (Å²) in [5.74, 6) is 1.09. The smallest absolute Gasteiger partial charge is 0.248 e. The van der Waals surface area contributed by atoms with E-state index in [-0.39, 0.29) is 5.91 Å². The van der Waals surface area contributed by atoms with Crippen molar-refractivity contribution in [3.63, 3.8) is 0 Å². The quantitative estimate of drug-likeness (QED) is 0.675. The summed E-state index contributed by atoms with van der Waals surface area (Å²) in [7, 11) is 1.59. The lowest BCUT2D eigenvalue weighted by atomic mass is 10.1. The summed E-state index contributed by atoms with van der Waals surface area (Å²) in [4.78, 5) is 16.6. The molecule has 1 heterocycles. The third-order valence-electron chi connectivity index (χ3n) is 3.81. The van der Waals surface area contributed by atoms with Crippen molar-refractivity contribution in [1.29, 1.82) is 0 Å². The molecule has 3 rings (SSSR count). The number of hydrogen-bond acceptors (Lipinski definition) is 4. The predicted octanol–water partition coefficient (Wildman–Crippen LogP) is 4.29. The van der Waals surface area contributed by atoms with Crippen LogP contribution in [0.4, 0.5) is 5.69 Å². The zero-order valence-electron chi connectivity index (χ0n) is 14.7. The molecule has 0 aliphatic rings. The maximum Gasteiger partial charge on any atom is 0.248 e. The molecule has 5 heteroatoms. The van der Waals surface area contributed by atoms with Gasteiger partial charge in [0, 0.05) is 17.7 Å². The Kier molecular flexibility index (Phi) is 5.49. The fourth-order valence-electron chi connectivity index (χ4n) is 2.61. The van der Waals surface area contributed by atoms with E-state index in [1.165, 1.54) is 6.08 Å². The zero-order chi connectivity index (χ0) is 18.4. The lowest BCUT2D eigenvalue weighted by Crippen LogP contribution is -2.08. The standard InChI is InChI=1S/C21H20N2O3/c1-3-26-18-11-9-15(14-19(18)25-2)10-12-20(24)23-17-8-4-6-16-7-5-13-22-21(16)17/h4-14H,3H2,1-2H3,(H,23,24). The Morgan fingerprint density at radius 2 is 2.00 bits per heavy atom. The molecule has 132 valence electrons. The van der Waals surface area contributed by atoms with Crippen LogP contribution in [0.3, 0.4) is 0 Å². The van der Waals surface area contributed by atoms with Crippen LogP contribution in [-0.4, -0.2) is 24.6 Å². The zero-order valence-corrected chi connectivity index (χ0v) is 14.7. The molecule has 0 saturated carbocycles. The van der Waals surface area contributed by atoms with Gasteiger partial charge in [0.25, 0.3) is 0 Å². The van der Waals surface area contributed by atoms with Gasteiger partial charge in [0.15, 0.2) is 11.5 Å². The summed E-state index contributed by atoms with van der Waals surface area (Å²) < 4.78 is 10.8. The Balaban J connectivity index is 1.75. The molecule has 0 spiro atoms. The number of rotatable bonds is 6. The van der Waals surface area contributed by atoms with Gasteiger partial charge in [-0.05, 0) is 42.8 Å². The van der Waals surface area contributed by atoms with Crippen LogP contribution >= 0.6 is 0 Å². The van der Waals surface area contributed by atoms with Gasteiger partial charge in [0.05, 0.1) is 24.9 Å². The molecule has 0 bridgehead atoms. The number of amides is 1.